The van der Waals surface area contributed by atoms with E-state index in [4.69, 9.17) is 11.2 Å². The van der Waals surface area contributed by atoms with Crippen LogP contribution in [0, 0.1) is 12.3 Å². The van der Waals surface area contributed by atoms with Crippen molar-refractivity contribution in [3.63, 3.8) is 0 Å². The number of methoxy groups -OCH3 is 1. The summed E-state index contributed by atoms with van der Waals surface area (Å²) < 4.78 is 9.18. The zero-order chi connectivity index (χ0) is 11.1. The van der Waals surface area contributed by atoms with Gasteiger partial charge in [-0.1, -0.05) is 0 Å². The first-order chi connectivity index (χ1) is 7.27. The van der Waals surface area contributed by atoms with Crippen LogP contribution < -0.4 is 10.1 Å². The first-order valence-electron chi connectivity index (χ1n) is 4.95. The molecule has 0 radical (unpaired) electrons. The molecule has 15 heavy (non-hydrogen) atoms. The molecule has 0 spiro atoms. The highest BCUT2D eigenvalue weighted by molar-refractivity contribution is 7.06. The molecule has 1 rings (SSSR count). The topological polar surface area (TPSA) is 34.1 Å². The van der Waals surface area contributed by atoms with Crippen molar-refractivity contribution in [3.05, 3.63) is 10.9 Å². The zero-order valence-electron chi connectivity index (χ0n) is 9.12. The van der Waals surface area contributed by atoms with Crippen LogP contribution >= 0.6 is 11.5 Å². The molecular weight excluding hydrogens is 208 g/mol. The summed E-state index contributed by atoms with van der Waals surface area (Å²) >= 11 is 1.47. The Bertz CT molecular complexity index is 330. The second-order valence-electron chi connectivity index (χ2n) is 3.26. The molecule has 1 aromatic rings. The third-order valence-corrected chi connectivity index (χ3v) is 3.04. The van der Waals surface area contributed by atoms with E-state index in [1.165, 1.54) is 16.4 Å². The Labute approximate surface area is 95.0 Å². The van der Waals surface area contributed by atoms with Gasteiger partial charge in [0.1, 0.15) is 0 Å². The molecule has 0 saturated heterocycles. The van der Waals surface area contributed by atoms with E-state index in [-0.39, 0.29) is 0 Å². The van der Waals surface area contributed by atoms with Crippen molar-refractivity contribution in [2.45, 2.75) is 25.8 Å². The molecule has 3 nitrogen and oxygen atoms in total. The van der Waals surface area contributed by atoms with Gasteiger partial charge < -0.3 is 10.1 Å². The van der Waals surface area contributed by atoms with Gasteiger partial charge in [-0.25, -0.2) is 0 Å². The Morgan fingerprint density at radius 2 is 2.53 bits per heavy atom. The van der Waals surface area contributed by atoms with Crippen molar-refractivity contribution in [2.75, 3.05) is 13.7 Å². The summed E-state index contributed by atoms with van der Waals surface area (Å²) in [7, 11) is 1.63. The number of rotatable bonds is 6. The molecule has 0 fully saturated rings. The Balaban J connectivity index is 2.33. The fourth-order valence-corrected chi connectivity index (χ4v) is 1.90. The predicted octanol–water partition coefficient (Wildman–Crippen LogP) is 2.22. The lowest BCUT2D eigenvalue weighted by Crippen LogP contribution is -2.18. The van der Waals surface area contributed by atoms with Gasteiger partial charge in [0.15, 0.2) is 0 Å². The van der Waals surface area contributed by atoms with Crippen molar-refractivity contribution in [1.82, 2.24) is 9.69 Å². The highest BCUT2D eigenvalue weighted by atomic mass is 32.1. The number of ether oxygens (including phenoxy) is 1. The number of hydrogen-bond acceptors (Lipinski definition) is 4. The number of nitrogens with one attached hydrogen (secondary N) is 1. The maximum Gasteiger partial charge on any atom is 0.225 e. The van der Waals surface area contributed by atoms with Crippen LogP contribution in [0.3, 0.4) is 0 Å². The van der Waals surface area contributed by atoms with E-state index in [1.54, 1.807) is 7.11 Å². The minimum absolute atomic E-state index is 0.309. The molecule has 0 bridgehead atoms. The van der Waals surface area contributed by atoms with Crippen molar-refractivity contribution in [1.29, 1.82) is 0 Å². The molecule has 0 aliphatic rings. The van der Waals surface area contributed by atoms with Gasteiger partial charge in [0.2, 0.25) is 5.88 Å². The quantitative estimate of drug-likeness (QED) is 0.594. The van der Waals surface area contributed by atoms with Crippen LogP contribution in [-0.4, -0.2) is 18.0 Å². The van der Waals surface area contributed by atoms with Crippen LogP contribution in [0.1, 0.15) is 30.7 Å². The number of nitrogens with zero attached hydrogens (tertiary/aromatic N) is 1. The number of terminal acetylenes is 1. The van der Waals surface area contributed by atoms with Crippen molar-refractivity contribution in [3.8, 4) is 18.2 Å². The Morgan fingerprint density at radius 3 is 3.13 bits per heavy atom. The summed E-state index contributed by atoms with van der Waals surface area (Å²) in [6.07, 6.45) is 7.01. The standard InChI is InChI=1S/C11H16N2OS/c1-4-5-6-7-12-9(2)10-8-11(14-3)13-15-10/h1,8-9,12H,5-7H2,2-3H3. The largest absolute Gasteiger partial charge is 0.480 e. The van der Waals surface area contributed by atoms with E-state index in [2.05, 4.69) is 22.5 Å². The van der Waals surface area contributed by atoms with Crippen molar-refractivity contribution >= 4 is 11.5 Å². The first kappa shape index (κ1) is 12.0. The highest BCUT2D eigenvalue weighted by Crippen LogP contribution is 2.22. The molecule has 0 saturated carbocycles. The summed E-state index contributed by atoms with van der Waals surface area (Å²) in [5.41, 5.74) is 0. The van der Waals surface area contributed by atoms with Gasteiger partial charge in [-0.05, 0) is 31.4 Å². The second-order valence-corrected chi connectivity index (χ2v) is 4.09. The summed E-state index contributed by atoms with van der Waals surface area (Å²) in [6.45, 7) is 3.05. The van der Waals surface area contributed by atoms with E-state index in [1.807, 2.05) is 6.07 Å². The van der Waals surface area contributed by atoms with Crippen LogP contribution in [0.2, 0.25) is 0 Å². The third kappa shape index (κ3) is 3.90. The highest BCUT2D eigenvalue weighted by Gasteiger charge is 2.08. The SMILES string of the molecule is C#CCCCNC(C)c1cc(OC)ns1. The van der Waals surface area contributed by atoms with Crippen LogP contribution in [0.25, 0.3) is 0 Å². The van der Waals surface area contributed by atoms with Crippen LogP contribution in [0.4, 0.5) is 0 Å². The molecule has 1 heterocycles. The van der Waals surface area contributed by atoms with Gasteiger partial charge in [0.05, 0.1) is 7.11 Å². The lowest BCUT2D eigenvalue weighted by atomic mass is 10.2. The Morgan fingerprint density at radius 1 is 1.73 bits per heavy atom. The first-order valence-corrected chi connectivity index (χ1v) is 5.72. The average Bonchev–Trinajstić information content (AvgIpc) is 2.72. The predicted molar refractivity (Wildman–Crippen MR) is 63.2 cm³/mol. The molecule has 82 valence electrons. The number of aromatic nitrogens is 1. The molecule has 0 aliphatic carbocycles. The summed E-state index contributed by atoms with van der Waals surface area (Å²) in [5.74, 6) is 3.31. The molecule has 4 heteroatoms. The Hall–Kier alpha value is -1.05. The lowest BCUT2D eigenvalue weighted by Gasteiger charge is -2.09. The molecule has 1 aromatic heterocycles. The average molecular weight is 224 g/mol. The van der Waals surface area contributed by atoms with E-state index in [9.17, 15) is 0 Å². The lowest BCUT2D eigenvalue weighted by molar-refractivity contribution is 0.402. The maximum atomic E-state index is 5.18. The Kier molecular flexibility index (Phi) is 5.16. The fraction of sp³-hybridized carbons (Fsp3) is 0.545. The molecular formula is C11H16N2OS. The normalized spacial score (nSPS) is 12.1. The van der Waals surface area contributed by atoms with Crippen molar-refractivity contribution < 1.29 is 4.74 Å². The summed E-state index contributed by atoms with van der Waals surface area (Å²) in [5, 5.41) is 3.39. The number of unbranched alkanes of at least 4 members (excludes halogenated alkanes) is 1. The molecule has 0 aliphatic heterocycles. The molecule has 0 aromatic carbocycles. The van der Waals surface area contributed by atoms with Crippen molar-refractivity contribution in [2.24, 2.45) is 0 Å². The molecule has 1 N–H and O–H groups in total. The molecule has 0 amide bonds. The van der Waals surface area contributed by atoms with Gasteiger partial charge in [0, 0.05) is 23.4 Å². The van der Waals surface area contributed by atoms with Crippen LogP contribution in [-0.2, 0) is 0 Å². The smallest absolute Gasteiger partial charge is 0.225 e. The van der Waals surface area contributed by atoms with Gasteiger partial charge in [-0.2, -0.15) is 4.37 Å². The van der Waals surface area contributed by atoms with E-state index >= 15 is 0 Å². The van der Waals surface area contributed by atoms with Crippen LogP contribution in [0.15, 0.2) is 6.07 Å². The maximum absolute atomic E-state index is 5.18. The summed E-state index contributed by atoms with van der Waals surface area (Å²) in [6, 6.07) is 2.27. The van der Waals surface area contributed by atoms with E-state index < -0.39 is 0 Å². The van der Waals surface area contributed by atoms with Gasteiger partial charge in [-0.15, -0.1) is 12.3 Å². The monoisotopic (exact) mass is 224 g/mol. The minimum Gasteiger partial charge on any atom is -0.480 e. The third-order valence-electron chi connectivity index (χ3n) is 2.09. The zero-order valence-corrected chi connectivity index (χ0v) is 9.93. The minimum atomic E-state index is 0.309. The van der Waals surface area contributed by atoms with E-state index in [0.717, 1.165) is 19.4 Å². The molecule has 1 atom stereocenters. The van der Waals surface area contributed by atoms with Gasteiger partial charge in [0.25, 0.3) is 0 Å². The van der Waals surface area contributed by atoms with Gasteiger partial charge in [-0.3, -0.25) is 0 Å². The van der Waals surface area contributed by atoms with Crippen LogP contribution in [0.5, 0.6) is 5.88 Å². The number of hydrogen-bond donors (Lipinski definition) is 1. The van der Waals surface area contributed by atoms with Gasteiger partial charge >= 0.3 is 0 Å². The fourth-order valence-electron chi connectivity index (χ4n) is 1.18. The molecule has 1 unspecified atom stereocenters. The van der Waals surface area contributed by atoms with E-state index in [0.29, 0.717) is 11.9 Å². The summed E-state index contributed by atoms with van der Waals surface area (Å²) in [4.78, 5) is 1.19. The second kappa shape index (κ2) is 6.44.